The van der Waals surface area contributed by atoms with Crippen LogP contribution >= 0.6 is 0 Å². The van der Waals surface area contributed by atoms with Crippen molar-refractivity contribution in [3.63, 3.8) is 0 Å². The highest BCUT2D eigenvalue weighted by atomic mass is 19.1. The van der Waals surface area contributed by atoms with Crippen LogP contribution in [0.15, 0.2) is 24.3 Å². The van der Waals surface area contributed by atoms with E-state index in [4.69, 9.17) is 4.74 Å². The van der Waals surface area contributed by atoms with Crippen molar-refractivity contribution in [1.82, 2.24) is 9.97 Å². The minimum atomic E-state index is -0.336. The van der Waals surface area contributed by atoms with E-state index in [0.29, 0.717) is 22.9 Å². The molecule has 1 aromatic carbocycles. The summed E-state index contributed by atoms with van der Waals surface area (Å²) < 4.78 is 19.3. The van der Waals surface area contributed by atoms with Gasteiger partial charge in [-0.2, -0.15) is 0 Å². The molecule has 0 amide bonds. The standard InChI is InChI=1S/C16H18FN3O/c1-3-18-15-9-14(19-16(20-15)10-4-5-10)12-7-6-11(21-2)8-13(12)17/h6-10H,3-5H2,1-2H3,(H,18,19,20). The highest BCUT2D eigenvalue weighted by molar-refractivity contribution is 5.64. The second-order valence-corrected chi connectivity index (χ2v) is 5.15. The summed E-state index contributed by atoms with van der Waals surface area (Å²) in [6, 6.07) is 6.61. The monoisotopic (exact) mass is 287 g/mol. The molecule has 0 bridgehead atoms. The second-order valence-electron chi connectivity index (χ2n) is 5.15. The Morgan fingerprint density at radius 2 is 2.10 bits per heavy atom. The number of aromatic nitrogens is 2. The third kappa shape index (κ3) is 2.96. The molecule has 2 aromatic rings. The van der Waals surface area contributed by atoms with Gasteiger partial charge in [-0.3, -0.25) is 0 Å². The third-order valence-electron chi connectivity index (χ3n) is 3.50. The normalized spacial score (nSPS) is 14.0. The lowest BCUT2D eigenvalue weighted by Crippen LogP contribution is -2.04. The number of ether oxygens (including phenoxy) is 1. The largest absolute Gasteiger partial charge is 0.497 e. The van der Waals surface area contributed by atoms with Gasteiger partial charge in [-0.05, 0) is 31.9 Å². The third-order valence-corrected chi connectivity index (χ3v) is 3.50. The van der Waals surface area contributed by atoms with Crippen LogP contribution < -0.4 is 10.1 Å². The maximum absolute atomic E-state index is 14.2. The first-order chi connectivity index (χ1) is 10.2. The molecule has 110 valence electrons. The Morgan fingerprint density at radius 3 is 2.71 bits per heavy atom. The van der Waals surface area contributed by atoms with Gasteiger partial charge in [0.1, 0.15) is 23.2 Å². The summed E-state index contributed by atoms with van der Waals surface area (Å²) in [5.74, 6) is 2.14. The van der Waals surface area contributed by atoms with Crippen LogP contribution in [0, 0.1) is 5.82 Å². The smallest absolute Gasteiger partial charge is 0.136 e. The number of nitrogens with one attached hydrogen (secondary N) is 1. The first-order valence-corrected chi connectivity index (χ1v) is 7.18. The predicted octanol–water partition coefficient (Wildman–Crippen LogP) is 3.60. The molecule has 21 heavy (non-hydrogen) atoms. The van der Waals surface area contributed by atoms with Crippen LogP contribution in [0.3, 0.4) is 0 Å². The minimum Gasteiger partial charge on any atom is -0.497 e. The number of methoxy groups -OCH3 is 1. The van der Waals surface area contributed by atoms with Gasteiger partial charge in [-0.15, -0.1) is 0 Å². The molecular formula is C16H18FN3O. The van der Waals surface area contributed by atoms with Crippen molar-refractivity contribution in [1.29, 1.82) is 0 Å². The van der Waals surface area contributed by atoms with Crippen molar-refractivity contribution in [2.75, 3.05) is 19.0 Å². The minimum absolute atomic E-state index is 0.336. The number of rotatable bonds is 5. The van der Waals surface area contributed by atoms with Gasteiger partial charge in [0.2, 0.25) is 0 Å². The van der Waals surface area contributed by atoms with E-state index >= 15 is 0 Å². The molecule has 1 aliphatic carbocycles. The fraction of sp³-hybridized carbons (Fsp3) is 0.375. The van der Waals surface area contributed by atoms with E-state index in [0.717, 1.165) is 31.0 Å². The predicted molar refractivity (Wildman–Crippen MR) is 80.1 cm³/mol. The highest BCUT2D eigenvalue weighted by Gasteiger charge is 2.27. The summed E-state index contributed by atoms with van der Waals surface area (Å²) in [6.45, 7) is 2.78. The van der Waals surface area contributed by atoms with Gasteiger partial charge in [0.05, 0.1) is 12.8 Å². The van der Waals surface area contributed by atoms with Crippen LogP contribution in [0.25, 0.3) is 11.3 Å². The average Bonchev–Trinajstić information content (AvgIpc) is 3.31. The summed E-state index contributed by atoms with van der Waals surface area (Å²) in [6.07, 6.45) is 2.22. The lowest BCUT2D eigenvalue weighted by molar-refractivity contribution is 0.411. The SMILES string of the molecule is CCNc1cc(-c2ccc(OC)cc2F)nc(C2CC2)n1. The van der Waals surface area contributed by atoms with Crippen molar-refractivity contribution < 1.29 is 9.13 Å². The zero-order valence-corrected chi connectivity index (χ0v) is 12.2. The maximum Gasteiger partial charge on any atom is 0.136 e. The molecule has 4 nitrogen and oxygen atoms in total. The number of benzene rings is 1. The lowest BCUT2D eigenvalue weighted by Gasteiger charge is -2.10. The Kier molecular flexibility index (Phi) is 3.73. The summed E-state index contributed by atoms with van der Waals surface area (Å²) in [5.41, 5.74) is 1.09. The second kappa shape index (κ2) is 5.68. The Labute approximate surface area is 123 Å². The van der Waals surface area contributed by atoms with Crippen molar-refractivity contribution in [3.05, 3.63) is 35.9 Å². The molecule has 1 fully saturated rings. The number of hydrogen-bond acceptors (Lipinski definition) is 4. The molecule has 0 radical (unpaired) electrons. The van der Waals surface area contributed by atoms with Gasteiger partial charge < -0.3 is 10.1 Å². The summed E-state index contributed by atoms with van der Waals surface area (Å²) in [7, 11) is 1.52. The molecule has 0 saturated heterocycles. The van der Waals surface area contributed by atoms with E-state index in [1.165, 1.54) is 13.2 Å². The topological polar surface area (TPSA) is 47.0 Å². The van der Waals surface area contributed by atoms with Crippen LogP contribution in [-0.4, -0.2) is 23.6 Å². The van der Waals surface area contributed by atoms with Crippen LogP contribution in [0.5, 0.6) is 5.75 Å². The first kappa shape index (κ1) is 13.8. The van der Waals surface area contributed by atoms with Crippen molar-refractivity contribution in [2.24, 2.45) is 0 Å². The van der Waals surface area contributed by atoms with Crippen molar-refractivity contribution in [3.8, 4) is 17.0 Å². The quantitative estimate of drug-likeness (QED) is 0.912. The van der Waals surface area contributed by atoms with E-state index in [2.05, 4.69) is 15.3 Å². The first-order valence-electron chi connectivity index (χ1n) is 7.18. The fourth-order valence-corrected chi connectivity index (χ4v) is 2.23. The molecule has 1 aromatic heterocycles. The molecular weight excluding hydrogens is 269 g/mol. The Morgan fingerprint density at radius 1 is 1.29 bits per heavy atom. The van der Waals surface area contributed by atoms with Gasteiger partial charge in [0.25, 0.3) is 0 Å². The number of anilines is 1. The van der Waals surface area contributed by atoms with E-state index < -0.39 is 0 Å². The van der Waals surface area contributed by atoms with Gasteiger partial charge in [0, 0.05) is 30.2 Å². The van der Waals surface area contributed by atoms with Gasteiger partial charge >= 0.3 is 0 Å². The number of halogens is 1. The molecule has 0 spiro atoms. The van der Waals surface area contributed by atoms with Gasteiger partial charge in [-0.25, -0.2) is 14.4 Å². The molecule has 5 heteroatoms. The number of hydrogen-bond donors (Lipinski definition) is 1. The molecule has 0 unspecified atom stereocenters. The molecule has 1 N–H and O–H groups in total. The van der Waals surface area contributed by atoms with Crippen molar-refractivity contribution >= 4 is 5.82 Å². The number of nitrogens with zero attached hydrogens (tertiary/aromatic N) is 2. The zero-order chi connectivity index (χ0) is 14.8. The van der Waals surface area contributed by atoms with Crippen molar-refractivity contribution in [2.45, 2.75) is 25.7 Å². The Balaban J connectivity index is 2.03. The summed E-state index contributed by atoms with van der Waals surface area (Å²) >= 11 is 0. The summed E-state index contributed by atoms with van der Waals surface area (Å²) in [5, 5.41) is 3.18. The van der Waals surface area contributed by atoms with Crippen LogP contribution in [0.1, 0.15) is 31.5 Å². The Hall–Kier alpha value is -2.17. The van der Waals surface area contributed by atoms with Gasteiger partial charge in [0.15, 0.2) is 0 Å². The summed E-state index contributed by atoms with van der Waals surface area (Å²) in [4.78, 5) is 9.04. The zero-order valence-electron chi connectivity index (χ0n) is 12.2. The maximum atomic E-state index is 14.2. The van der Waals surface area contributed by atoms with E-state index in [9.17, 15) is 4.39 Å². The van der Waals surface area contributed by atoms with Crippen LogP contribution in [-0.2, 0) is 0 Å². The highest BCUT2D eigenvalue weighted by Crippen LogP contribution is 2.39. The molecule has 0 atom stereocenters. The Bertz CT molecular complexity index is 656. The molecule has 1 aliphatic rings. The lowest BCUT2D eigenvalue weighted by atomic mass is 10.1. The van der Waals surface area contributed by atoms with E-state index in [-0.39, 0.29) is 5.82 Å². The van der Waals surface area contributed by atoms with E-state index in [1.807, 2.05) is 6.92 Å². The van der Waals surface area contributed by atoms with Gasteiger partial charge in [-0.1, -0.05) is 0 Å². The average molecular weight is 287 g/mol. The van der Waals surface area contributed by atoms with Crippen LogP contribution in [0.4, 0.5) is 10.2 Å². The fourth-order valence-electron chi connectivity index (χ4n) is 2.23. The molecule has 3 rings (SSSR count). The van der Waals surface area contributed by atoms with Crippen LogP contribution in [0.2, 0.25) is 0 Å². The molecule has 1 saturated carbocycles. The molecule has 0 aliphatic heterocycles. The molecule has 1 heterocycles. The van der Waals surface area contributed by atoms with E-state index in [1.54, 1.807) is 18.2 Å².